The van der Waals surface area contributed by atoms with Gasteiger partial charge in [-0.3, -0.25) is 9.59 Å². The minimum atomic E-state index is -0.957. The monoisotopic (exact) mass is 239 g/mol. The summed E-state index contributed by atoms with van der Waals surface area (Å²) in [4.78, 5) is 21.3. The standard InChI is InChI=1S/C9H17NO4.ClH/c1-2-3-6-14-9(13)7(10)4-5-8(11)12;/h7H,2-6,10H2,1H3,(H,11,12);1H/t7-;/m0./s1. The van der Waals surface area contributed by atoms with Crippen molar-refractivity contribution in [3.63, 3.8) is 0 Å². The second kappa shape index (κ2) is 9.73. The van der Waals surface area contributed by atoms with Crippen molar-refractivity contribution in [2.24, 2.45) is 5.73 Å². The number of carboxylic acids is 1. The van der Waals surface area contributed by atoms with Crippen molar-refractivity contribution in [2.45, 2.75) is 38.6 Å². The first-order valence-electron chi connectivity index (χ1n) is 4.72. The molecule has 6 heteroatoms. The van der Waals surface area contributed by atoms with Gasteiger partial charge in [0.15, 0.2) is 0 Å². The maximum Gasteiger partial charge on any atom is 0.322 e. The van der Waals surface area contributed by atoms with E-state index in [0.717, 1.165) is 12.8 Å². The zero-order chi connectivity index (χ0) is 11.0. The van der Waals surface area contributed by atoms with Crippen LogP contribution in [0.2, 0.25) is 0 Å². The van der Waals surface area contributed by atoms with Crippen molar-refractivity contribution in [3.8, 4) is 0 Å². The predicted molar refractivity (Wildman–Crippen MR) is 58.0 cm³/mol. The number of unbranched alkanes of at least 4 members (excludes halogenated alkanes) is 1. The normalized spacial score (nSPS) is 11.3. The van der Waals surface area contributed by atoms with Crippen molar-refractivity contribution in [2.75, 3.05) is 6.61 Å². The molecule has 0 rings (SSSR count). The van der Waals surface area contributed by atoms with E-state index >= 15 is 0 Å². The summed E-state index contributed by atoms with van der Waals surface area (Å²) < 4.78 is 4.82. The molecule has 1 atom stereocenters. The van der Waals surface area contributed by atoms with Crippen LogP contribution >= 0.6 is 12.4 Å². The number of hydrogen-bond donors (Lipinski definition) is 2. The number of carbonyl (C=O) groups excluding carboxylic acids is 1. The van der Waals surface area contributed by atoms with Gasteiger partial charge >= 0.3 is 11.9 Å². The average molecular weight is 240 g/mol. The number of nitrogens with two attached hydrogens (primary N) is 1. The third-order valence-corrected chi connectivity index (χ3v) is 1.71. The molecule has 0 radical (unpaired) electrons. The van der Waals surface area contributed by atoms with Gasteiger partial charge in [0.2, 0.25) is 0 Å². The van der Waals surface area contributed by atoms with Crippen LogP contribution in [0.3, 0.4) is 0 Å². The molecule has 0 unspecified atom stereocenters. The second-order valence-corrected chi connectivity index (χ2v) is 3.06. The maximum atomic E-state index is 11.1. The number of aliphatic carboxylic acids is 1. The largest absolute Gasteiger partial charge is 0.481 e. The van der Waals surface area contributed by atoms with Gasteiger partial charge in [0, 0.05) is 6.42 Å². The fourth-order valence-electron chi connectivity index (χ4n) is 0.821. The van der Waals surface area contributed by atoms with Crippen LogP contribution in [0.4, 0.5) is 0 Å². The molecule has 0 bridgehead atoms. The Morgan fingerprint density at radius 1 is 1.47 bits per heavy atom. The van der Waals surface area contributed by atoms with Crippen LogP contribution < -0.4 is 5.73 Å². The molecule has 0 heterocycles. The minimum Gasteiger partial charge on any atom is -0.481 e. The Hall–Kier alpha value is -0.810. The highest BCUT2D eigenvalue weighted by atomic mass is 35.5. The van der Waals surface area contributed by atoms with Crippen molar-refractivity contribution >= 4 is 24.3 Å². The van der Waals surface area contributed by atoms with Gasteiger partial charge in [-0.05, 0) is 12.8 Å². The molecule has 90 valence electrons. The molecular formula is C9H18ClNO4. The number of halogens is 1. The first kappa shape index (κ1) is 16.6. The summed E-state index contributed by atoms with van der Waals surface area (Å²) in [5, 5.41) is 8.35. The number of esters is 1. The molecular weight excluding hydrogens is 222 g/mol. The second-order valence-electron chi connectivity index (χ2n) is 3.06. The Bertz CT molecular complexity index is 199. The Labute approximate surface area is 95.4 Å². The summed E-state index contributed by atoms with van der Waals surface area (Å²) in [7, 11) is 0. The van der Waals surface area contributed by atoms with Crippen LogP contribution in [0.1, 0.15) is 32.6 Å². The van der Waals surface area contributed by atoms with Gasteiger partial charge < -0.3 is 15.6 Å². The molecule has 0 aromatic carbocycles. The van der Waals surface area contributed by atoms with E-state index in [1.807, 2.05) is 6.92 Å². The SMILES string of the molecule is CCCCOC(=O)[C@@H](N)CCC(=O)O.Cl. The highest BCUT2D eigenvalue weighted by Crippen LogP contribution is 1.98. The third-order valence-electron chi connectivity index (χ3n) is 1.71. The van der Waals surface area contributed by atoms with Gasteiger partial charge in [-0.25, -0.2) is 0 Å². The molecule has 15 heavy (non-hydrogen) atoms. The highest BCUT2D eigenvalue weighted by Gasteiger charge is 2.15. The lowest BCUT2D eigenvalue weighted by molar-refractivity contribution is -0.145. The van der Waals surface area contributed by atoms with E-state index in [1.165, 1.54) is 0 Å². The molecule has 0 aliphatic heterocycles. The zero-order valence-electron chi connectivity index (χ0n) is 8.77. The Morgan fingerprint density at radius 3 is 2.53 bits per heavy atom. The van der Waals surface area contributed by atoms with Crippen molar-refractivity contribution in [1.82, 2.24) is 0 Å². The van der Waals surface area contributed by atoms with E-state index in [0.29, 0.717) is 6.61 Å². The fraction of sp³-hybridized carbons (Fsp3) is 0.778. The summed E-state index contributed by atoms with van der Waals surface area (Å²) in [5.74, 6) is -1.47. The summed E-state index contributed by atoms with van der Waals surface area (Å²) in [6, 6.07) is -0.817. The van der Waals surface area contributed by atoms with Crippen molar-refractivity contribution < 1.29 is 19.4 Å². The summed E-state index contributed by atoms with van der Waals surface area (Å²) in [6.45, 7) is 2.34. The number of rotatable bonds is 7. The van der Waals surface area contributed by atoms with Gasteiger partial charge in [-0.1, -0.05) is 13.3 Å². The fourth-order valence-corrected chi connectivity index (χ4v) is 0.821. The predicted octanol–water partition coefficient (Wildman–Crippen LogP) is 0.944. The molecule has 0 fully saturated rings. The lowest BCUT2D eigenvalue weighted by Gasteiger charge is -2.09. The zero-order valence-corrected chi connectivity index (χ0v) is 9.59. The molecule has 0 aliphatic carbocycles. The first-order chi connectivity index (χ1) is 6.57. The van der Waals surface area contributed by atoms with E-state index < -0.39 is 18.0 Å². The van der Waals surface area contributed by atoms with Crippen LogP contribution in [0.15, 0.2) is 0 Å². The summed E-state index contributed by atoms with van der Waals surface area (Å²) >= 11 is 0. The Morgan fingerprint density at radius 2 is 2.07 bits per heavy atom. The molecule has 3 N–H and O–H groups in total. The number of carboxylic acid groups (broad SMARTS) is 1. The Balaban J connectivity index is 0. The summed E-state index contributed by atoms with van der Waals surface area (Å²) in [6.07, 6.45) is 1.76. The molecule has 0 amide bonds. The summed E-state index contributed by atoms with van der Waals surface area (Å²) in [5.41, 5.74) is 5.41. The van der Waals surface area contributed by atoms with Gasteiger partial charge in [-0.15, -0.1) is 12.4 Å². The molecule has 0 saturated heterocycles. The maximum absolute atomic E-state index is 11.1. The van der Waals surface area contributed by atoms with Crippen LogP contribution in [0.25, 0.3) is 0 Å². The quantitative estimate of drug-likeness (QED) is 0.510. The van der Waals surface area contributed by atoms with Crippen molar-refractivity contribution in [3.05, 3.63) is 0 Å². The van der Waals surface area contributed by atoms with Crippen LogP contribution in [-0.2, 0) is 14.3 Å². The van der Waals surface area contributed by atoms with Crippen LogP contribution in [0, 0.1) is 0 Å². The minimum absolute atomic E-state index is 0. The number of ether oxygens (including phenoxy) is 1. The van der Waals surface area contributed by atoms with E-state index in [2.05, 4.69) is 0 Å². The van der Waals surface area contributed by atoms with Gasteiger partial charge in [0.05, 0.1) is 6.61 Å². The third kappa shape index (κ3) is 9.49. The van der Waals surface area contributed by atoms with Gasteiger partial charge in [-0.2, -0.15) is 0 Å². The number of carbonyl (C=O) groups is 2. The lowest BCUT2D eigenvalue weighted by Crippen LogP contribution is -2.33. The topological polar surface area (TPSA) is 89.6 Å². The average Bonchev–Trinajstić information content (AvgIpc) is 2.14. The van der Waals surface area contributed by atoms with E-state index in [4.69, 9.17) is 15.6 Å². The van der Waals surface area contributed by atoms with Crippen molar-refractivity contribution in [1.29, 1.82) is 0 Å². The van der Waals surface area contributed by atoms with E-state index in [1.54, 1.807) is 0 Å². The lowest BCUT2D eigenvalue weighted by atomic mass is 10.2. The van der Waals surface area contributed by atoms with E-state index in [9.17, 15) is 9.59 Å². The Kier molecular flexibility index (Phi) is 10.8. The van der Waals surface area contributed by atoms with Crippen LogP contribution in [-0.4, -0.2) is 29.7 Å². The van der Waals surface area contributed by atoms with Crippen LogP contribution in [0.5, 0.6) is 0 Å². The number of hydrogen-bond acceptors (Lipinski definition) is 4. The highest BCUT2D eigenvalue weighted by molar-refractivity contribution is 5.85. The smallest absolute Gasteiger partial charge is 0.322 e. The molecule has 0 spiro atoms. The van der Waals surface area contributed by atoms with Gasteiger partial charge in [0.1, 0.15) is 6.04 Å². The molecule has 0 aromatic rings. The molecule has 0 aliphatic rings. The molecule has 0 aromatic heterocycles. The first-order valence-corrected chi connectivity index (χ1v) is 4.72. The van der Waals surface area contributed by atoms with E-state index in [-0.39, 0.29) is 25.2 Å². The molecule has 5 nitrogen and oxygen atoms in total. The molecule has 0 saturated carbocycles. The van der Waals surface area contributed by atoms with Gasteiger partial charge in [0.25, 0.3) is 0 Å².